The molecule has 3 aromatic carbocycles. The summed E-state index contributed by atoms with van der Waals surface area (Å²) in [6.07, 6.45) is 1.63. The van der Waals surface area contributed by atoms with Crippen LogP contribution < -0.4 is 19.1 Å². The number of thioether (sulfide) groups is 1. The maximum Gasteiger partial charge on any atom is 0.174 e. The van der Waals surface area contributed by atoms with Crippen LogP contribution in [0.2, 0.25) is 0 Å². The van der Waals surface area contributed by atoms with Crippen LogP contribution in [0.1, 0.15) is 5.56 Å². The topological polar surface area (TPSA) is 48.8 Å². The molecule has 0 N–H and O–H groups in total. The van der Waals surface area contributed by atoms with Crippen molar-refractivity contribution in [2.45, 2.75) is 10.9 Å². The molecule has 0 saturated carbocycles. The molecule has 1 aromatic heterocycles. The minimum Gasteiger partial charge on any atom is -0.494 e. The Morgan fingerprint density at radius 1 is 0.833 bits per heavy atom. The molecule has 4 rings (SSSR count). The number of methoxy groups -OCH3 is 3. The van der Waals surface area contributed by atoms with Crippen molar-refractivity contribution >= 4 is 23.3 Å². The van der Waals surface area contributed by atoms with Gasteiger partial charge in [0, 0.05) is 36.2 Å². The first-order valence-electron chi connectivity index (χ1n) is 10.8. The van der Waals surface area contributed by atoms with Crippen LogP contribution >= 0.6 is 11.8 Å². The molecule has 36 heavy (non-hydrogen) atoms. The second kappa shape index (κ2) is 10.9. The number of nitrogens with zero attached hydrogens (tertiary/aromatic N) is 3. The van der Waals surface area contributed by atoms with Gasteiger partial charge in [0.1, 0.15) is 17.5 Å². The van der Waals surface area contributed by atoms with Crippen LogP contribution in [-0.4, -0.2) is 37.9 Å². The van der Waals surface area contributed by atoms with Crippen molar-refractivity contribution in [2.24, 2.45) is 0 Å². The Hall–Kier alpha value is -3.79. The second-order valence-corrected chi connectivity index (χ2v) is 8.58. The highest BCUT2D eigenvalue weighted by Gasteiger charge is 2.20. The molecular weight excluding hydrogens is 491 g/mol. The van der Waals surface area contributed by atoms with Gasteiger partial charge < -0.3 is 19.1 Å². The SMILES string of the molecule is COc1cc(-n2c(N(C)c3ccc(OC)c(OC)c3)cnc2SCc2c(F)cccc2F)ccc1F. The number of hydrogen-bond donors (Lipinski definition) is 0. The monoisotopic (exact) mass is 515 g/mol. The zero-order chi connectivity index (χ0) is 25.8. The largest absolute Gasteiger partial charge is 0.494 e. The maximum atomic E-state index is 14.2. The van der Waals surface area contributed by atoms with Crippen molar-refractivity contribution in [1.82, 2.24) is 9.55 Å². The molecule has 4 aromatic rings. The maximum absolute atomic E-state index is 14.2. The first-order valence-corrected chi connectivity index (χ1v) is 11.8. The lowest BCUT2D eigenvalue weighted by molar-refractivity contribution is 0.355. The molecule has 0 amide bonds. The molecule has 188 valence electrons. The second-order valence-electron chi connectivity index (χ2n) is 7.64. The summed E-state index contributed by atoms with van der Waals surface area (Å²) in [5, 5.41) is 0.452. The van der Waals surface area contributed by atoms with Gasteiger partial charge in [0.15, 0.2) is 28.2 Å². The molecule has 0 unspecified atom stereocenters. The van der Waals surface area contributed by atoms with Crippen molar-refractivity contribution in [3.05, 3.63) is 83.8 Å². The van der Waals surface area contributed by atoms with E-state index in [-0.39, 0.29) is 17.1 Å². The molecule has 0 aliphatic rings. The van der Waals surface area contributed by atoms with Gasteiger partial charge in [0.2, 0.25) is 0 Å². The lowest BCUT2D eigenvalue weighted by atomic mass is 10.2. The van der Waals surface area contributed by atoms with Gasteiger partial charge in [-0.2, -0.15) is 0 Å². The molecule has 0 bridgehead atoms. The minimum atomic E-state index is -0.633. The molecule has 0 saturated heterocycles. The fraction of sp³-hybridized carbons (Fsp3) is 0.192. The summed E-state index contributed by atoms with van der Waals surface area (Å²) < 4.78 is 60.3. The number of aromatic nitrogens is 2. The summed E-state index contributed by atoms with van der Waals surface area (Å²) in [7, 11) is 6.32. The average Bonchev–Trinajstić information content (AvgIpc) is 3.31. The summed E-state index contributed by atoms with van der Waals surface area (Å²) >= 11 is 1.15. The first-order chi connectivity index (χ1) is 17.4. The molecule has 1 heterocycles. The lowest BCUT2D eigenvalue weighted by Gasteiger charge is -2.23. The number of benzene rings is 3. The molecule has 0 aliphatic carbocycles. The highest BCUT2D eigenvalue weighted by molar-refractivity contribution is 7.98. The molecule has 0 fully saturated rings. The van der Waals surface area contributed by atoms with E-state index in [1.807, 2.05) is 24.1 Å². The number of halogens is 3. The van der Waals surface area contributed by atoms with Gasteiger partial charge in [0.05, 0.1) is 33.2 Å². The third kappa shape index (κ3) is 4.94. The number of imidazole rings is 1. The highest BCUT2D eigenvalue weighted by Crippen LogP contribution is 2.37. The third-order valence-corrected chi connectivity index (χ3v) is 6.59. The molecular formula is C26H24F3N3O3S. The summed E-state index contributed by atoms with van der Waals surface area (Å²) in [5.74, 6) is 0.0186. The quantitative estimate of drug-likeness (QED) is 0.241. The van der Waals surface area contributed by atoms with Crippen LogP contribution in [0, 0.1) is 17.5 Å². The number of hydrogen-bond acceptors (Lipinski definition) is 6. The van der Waals surface area contributed by atoms with E-state index in [9.17, 15) is 13.2 Å². The Labute approximate surface area is 211 Å². The Kier molecular flexibility index (Phi) is 7.64. The lowest BCUT2D eigenvalue weighted by Crippen LogP contribution is -2.14. The highest BCUT2D eigenvalue weighted by atomic mass is 32.2. The molecule has 0 atom stereocenters. The number of anilines is 2. The van der Waals surface area contributed by atoms with Crippen molar-refractivity contribution in [3.63, 3.8) is 0 Å². The van der Waals surface area contributed by atoms with Crippen LogP contribution in [-0.2, 0) is 5.75 Å². The molecule has 0 aliphatic heterocycles. The van der Waals surface area contributed by atoms with E-state index < -0.39 is 17.5 Å². The Balaban J connectivity index is 1.79. The van der Waals surface area contributed by atoms with Crippen molar-refractivity contribution in [3.8, 4) is 22.9 Å². The van der Waals surface area contributed by atoms with E-state index in [0.29, 0.717) is 28.2 Å². The normalized spacial score (nSPS) is 10.9. The number of rotatable bonds is 9. The van der Waals surface area contributed by atoms with E-state index >= 15 is 0 Å². The summed E-state index contributed by atoms with van der Waals surface area (Å²) in [6, 6.07) is 13.6. The predicted molar refractivity (Wildman–Crippen MR) is 134 cm³/mol. The van der Waals surface area contributed by atoms with Crippen LogP contribution in [0.4, 0.5) is 24.7 Å². The first kappa shape index (κ1) is 25.3. The Morgan fingerprint density at radius 2 is 1.53 bits per heavy atom. The van der Waals surface area contributed by atoms with Gasteiger partial charge in [-0.25, -0.2) is 18.2 Å². The van der Waals surface area contributed by atoms with Crippen molar-refractivity contribution in [2.75, 3.05) is 33.3 Å². The summed E-state index contributed by atoms with van der Waals surface area (Å²) in [6.45, 7) is 0. The van der Waals surface area contributed by atoms with Gasteiger partial charge in [-0.1, -0.05) is 17.8 Å². The third-order valence-electron chi connectivity index (χ3n) is 5.61. The van der Waals surface area contributed by atoms with E-state index in [0.717, 1.165) is 17.4 Å². The smallest absolute Gasteiger partial charge is 0.174 e. The van der Waals surface area contributed by atoms with E-state index in [1.54, 1.807) is 37.1 Å². The van der Waals surface area contributed by atoms with Crippen LogP contribution in [0.3, 0.4) is 0 Å². The van der Waals surface area contributed by atoms with Gasteiger partial charge >= 0.3 is 0 Å². The van der Waals surface area contributed by atoms with E-state index in [4.69, 9.17) is 14.2 Å². The molecule has 0 spiro atoms. The summed E-state index contributed by atoms with van der Waals surface area (Å²) in [4.78, 5) is 6.38. The van der Waals surface area contributed by atoms with Gasteiger partial charge in [-0.15, -0.1) is 0 Å². The summed E-state index contributed by atoms with van der Waals surface area (Å²) in [5.41, 5.74) is 1.27. The van der Waals surface area contributed by atoms with Crippen molar-refractivity contribution in [1.29, 1.82) is 0 Å². The fourth-order valence-corrected chi connectivity index (χ4v) is 4.67. The van der Waals surface area contributed by atoms with Crippen LogP contribution in [0.15, 0.2) is 66.0 Å². The van der Waals surface area contributed by atoms with E-state index in [1.165, 1.54) is 37.4 Å². The van der Waals surface area contributed by atoms with Crippen LogP contribution in [0.5, 0.6) is 17.2 Å². The molecule has 10 heteroatoms. The Morgan fingerprint density at radius 3 is 2.19 bits per heavy atom. The van der Waals surface area contributed by atoms with Crippen LogP contribution in [0.25, 0.3) is 5.69 Å². The zero-order valence-electron chi connectivity index (χ0n) is 20.1. The van der Waals surface area contributed by atoms with Gasteiger partial charge in [-0.3, -0.25) is 4.57 Å². The fourth-order valence-electron chi connectivity index (χ4n) is 3.67. The Bertz CT molecular complexity index is 1360. The molecule has 0 radical (unpaired) electrons. The predicted octanol–water partition coefficient (Wildman–Crippen LogP) is 6.38. The zero-order valence-corrected chi connectivity index (χ0v) is 20.9. The van der Waals surface area contributed by atoms with E-state index in [2.05, 4.69) is 4.98 Å². The molecule has 6 nitrogen and oxygen atoms in total. The van der Waals surface area contributed by atoms with Crippen molar-refractivity contribution < 1.29 is 27.4 Å². The standard InChI is InChI=1S/C26H24F3N3O3S/c1-31(16-9-11-22(33-2)24(12-16)35-4)25-14-30-26(36-15-18-19(27)6-5-7-20(18)28)32(25)17-8-10-21(29)23(13-17)34-3/h5-14H,15H2,1-4H3. The minimum absolute atomic E-state index is 0.00730. The number of ether oxygens (including phenoxy) is 3. The van der Waals surface area contributed by atoms with Gasteiger partial charge in [0.25, 0.3) is 0 Å². The van der Waals surface area contributed by atoms with Gasteiger partial charge in [-0.05, 0) is 36.4 Å². The average molecular weight is 516 g/mol.